The number of rotatable bonds is 4. The number of halogens is 12. The molecule has 0 amide bonds. The fourth-order valence-corrected chi connectivity index (χ4v) is 8.82. The van der Waals surface area contributed by atoms with Gasteiger partial charge in [-0.1, -0.05) is 19.4 Å². The van der Waals surface area contributed by atoms with Crippen molar-refractivity contribution in [1.29, 1.82) is 0 Å². The highest BCUT2D eigenvalue weighted by molar-refractivity contribution is 5.95. The number of carbonyl (C=O) groups excluding carboxylic acids is 2. The van der Waals surface area contributed by atoms with E-state index >= 15 is 0 Å². The minimum atomic E-state index is -6.24. The fraction of sp³-hybridized carbons (Fsp3) is 0.852. The second kappa shape index (κ2) is 9.83. The smallest absolute Gasteiger partial charge is 0.373 e. The molecule has 0 aromatic carbocycles. The summed E-state index contributed by atoms with van der Waals surface area (Å²) in [5, 5.41) is 19.6. The largest absolute Gasteiger partial charge is 0.427 e. The van der Waals surface area contributed by atoms with Crippen LogP contribution in [0.5, 0.6) is 0 Å². The van der Waals surface area contributed by atoms with Crippen LogP contribution >= 0.6 is 0 Å². The number of hydrogen-bond acceptors (Lipinski definition) is 4. The maximum Gasteiger partial charge on any atom is 0.427 e. The Morgan fingerprint density at radius 2 is 1.35 bits per heavy atom. The fourth-order valence-electron chi connectivity index (χ4n) is 8.82. The van der Waals surface area contributed by atoms with Gasteiger partial charge in [0.2, 0.25) is 0 Å². The molecule has 0 saturated heterocycles. The zero-order valence-corrected chi connectivity index (χ0v) is 22.9. The molecule has 2 N–H and O–H groups in total. The first-order valence-corrected chi connectivity index (χ1v) is 13.7. The molecule has 16 heteroatoms. The second-order valence-corrected chi connectivity index (χ2v) is 13.1. The topological polar surface area (TPSA) is 74.6 Å². The minimum Gasteiger partial charge on any atom is -0.373 e. The summed E-state index contributed by atoms with van der Waals surface area (Å²) in [7, 11) is 0. The first-order chi connectivity index (χ1) is 19.2. The van der Waals surface area contributed by atoms with Gasteiger partial charge in [0.1, 0.15) is 5.78 Å². The van der Waals surface area contributed by atoms with Crippen LogP contribution < -0.4 is 0 Å². The lowest BCUT2D eigenvalue weighted by atomic mass is 9.45. The van der Waals surface area contributed by atoms with Gasteiger partial charge in [0.15, 0.2) is 5.78 Å². The normalized spacial score (nSPS) is 36.0. The van der Waals surface area contributed by atoms with Crippen LogP contribution in [-0.4, -0.2) is 57.7 Å². The van der Waals surface area contributed by atoms with Gasteiger partial charge in [0, 0.05) is 5.92 Å². The summed E-state index contributed by atoms with van der Waals surface area (Å²) in [4.78, 5) is 25.6. The summed E-state index contributed by atoms with van der Waals surface area (Å²) in [6.45, 7) is 2.94. The van der Waals surface area contributed by atoms with Crippen molar-refractivity contribution in [2.45, 2.75) is 101 Å². The lowest BCUT2D eigenvalue weighted by Gasteiger charge is -2.59. The lowest BCUT2D eigenvalue weighted by Crippen LogP contribution is -2.65. The van der Waals surface area contributed by atoms with E-state index in [1.54, 1.807) is 0 Å². The van der Waals surface area contributed by atoms with Crippen LogP contribution in [0.1, 0.15) is 65.2 Å². The Morgan fingerprint density at radius 3 is 1.84 bits per heavy atom. The quantitative estimate of drug-likeness (QED) is 0.322. The van der Waals surface area contributed by atoms with E-state index in [9.17, 15) is 72.5 Å². The SMILES string of the molecule is CC12CC(C(O)(C(F)(F)F)C(F)(F)F)C(=O)C=C1CCC1C2CCC2(C)C(C(=O)CC(O)(C(F)(F)F)C(F)(F)F)CCC12. The van der Waals surface area contributed by atoms with E-state index < -0.39 is 101 Å². The van der Waals surface area contributed by atoms with Crippen LogP contribution in [0.25, 0.3) is 0 Å². The summed E-state index contributed by atoms with van der Waals surface area (Å²) < 4.78 is 162. The first kappa shape index (κ1) is 34.0. The van der Waals surface area contributed by atoms with E-state index in [0.29, 0.717) is 5.57 Å². The van der Waals surface area contributed by atoms with Crippen molar-refractivity contribution >= 4 is 11.6 Å². The Morgan fingerprint density at radius 1 is 0.814 bits per heavy atom. The van der Waals surface area contributed by atoms with Gasteiger partial charge in [-0.2, -0.15) is 52.7 Å². The summed E-state index contributed by atoms with van der Waals surface area (Å²) >= 11 is 0. The third-order valence-corrected chi connectivity index (χ3v) is 11.1. The summed E-state index contributed by atoms with van der Waals surface area (Å²) in [6.07, 6.45) is -26.9. The molecule has 43 heavy (non-hydrogen) atoms. The molecule has 4 aliphatic rings. The van der Waals surface area contributed by atoms with E-state index in [2.05, 4.69) is 0 Å². The molecule has 0 spiro atoms. The Kier molecular flexibility index (Phi) is 7.78. The van der Waals surface area contributed by atoms with Crippen LogP contribution in [0.3, 0.4) is 0 Å². The minimum absolute atomic E-state index is 0.00992. The number of aliphatic hydroxyl groups is 2. The first-order valence-electron chi connectivity index (χ1n) is 13.7. The van der Waals surface area contributed by atoms with E-state index in [4.69, 9.17) is 0 Å². The van der Waals surface area contributed by atoms with Gasteiger partial charge in [-0.25, -0.2) is 0 Å². The Bertz CT molecular complexity index is 1150. The molecule has 3 saturated carbocycles. The van der Waals surface area contributed by atoms with Gasteiger partial charge >= 0.3 is 24.7 Å². The molecule has 4 nitrogen and oxygen atoms in total. The zero-order valence-electron chi connectivity index (χ0n) is 22.9. The summed E-state index contributed by atoms with van der Waals surface area (Å²) in [5.41, 5.74) is -12.8. The van der Waals surface area contributed by atoms with E-state index in [1.807, 2.05) is 0 Å². The Hall–Kier alpha value is -1.84. The summed E-state index contributed by atoms with van der Waals surface area (Å²) in [5.74, 6) is -8.80. The molecule has 4 aliphatic carbocycles. The Balaban J connectivity index is 1.65. The average molecular weight is 647 g/mol. The van der Waals surface area contributed by atoms with Crippen LogP contribution in [-0.2, 0) is 9.59 Å². The monoisotopic (exact) mass is 646 g/mol. The van der Waals surface area contributed by atoms with Gasteiger partial charge in [-0.15, -0.1) is 0 Å². The molecule has 3 fully saturated rings. The standard InChI is InChI=1S/C27H30F12O4/c1-20-8-7-15-13(14(20)5-6-16(20)19(41)11-22(42,24(28,29)30)25(31,32)33)4-3-12-9-18(40)17(10-21(12,15)2)23(43,26(34,35)36)27(37,38)39/h9,13-17,42-43H,3-8,10-11H2,1-2H3. The van der Waals surface area contributed by atoms with Crippen LogP contribution in [0.2, 0.25) is 0 Å². The van der Waals surface area contributed by atoms with E-state index in [-0.39, 0.29) is 38.5 Å². The number of carbonyl (C=O) groups is 2. The van der Waals surface area contributed by atoms with Crippen molar-refractivity contribution in [3.05, 3.63) is 11.6 Å². The third-order valence-electron chi connectivity index (χ3n) is 11.1. The molecule has 0 heterocycles. The molecular formula is C27H30F12O4. The number of allylic oxidation sites excluding steroid dienone is 1. The Labute approximate surface area is 237 Å². The van der Waals surface area contributed by atoms with Crippen molar-refractivity contribution in [1.82, 2.24) is 0 Å². The molecule has 0 aromatic rings. The van der Waals surface area contributed by atoms with E-state index in [0.717, 1.165) is 6.08 Å². The zero-order chi connectivity index (χ0) is 33.0. The molecular weight excluding hydrogens is 616 g/mol. The number of fused-ring (bicyclic) bond motifs is 5. The molecule has 0 radical (unpaired) electrons. The predicted molar refractivity (Wildman–Crippen MR) is 123 cm³/mol. The predicted octanol–water partition coefficient (Wildman–Crippen LogP) is 7.03. The van der Waals surface area contributed by atoms with Crippen LogP contribution in [0.15, 0.2) is 11.6 Å². The second-order valence-electron chi connectivity index (χ2n) is 13.1. The number of hydrogen-bond donors (Lipinski definition) is 2. The molecule has 0 aromatic heterocycles. The highest BCUT2D eigenvalue weighted by Crippen LogP contribution is 2.68. The van der Waals surface area contributed by atoms with Crippen LogP contribution in [0.4, 0.5) is 52.7 Å². The van der Waals surface area contributed by atoms with Crippen molar-refractivity contribution in [2.75, 3.05) is 0 Å². The van der Waals surface area contributed by atoms with Crippen LogP contribution in [0, 0.1) is 40.4 Å². The number of alkyl halides is 12. The third kappa shape index (κ3) is 4.82. The van der Waals surface area contributed by atoms with Crippen molar-refractivity contribution in [3.8, 4) is 0 Å². The highest BCUT2D eigenvalue weighted by atomic mass is 19.4. The average Bonchev–Trinajstić information content (AvgIpc) is 3.18. The summed E-state index contributed by atoms with van der Waals surface area (Å²) in [6, 6.07) is 0. The van der Waals surface area contributed by atoms with Crippen molar-refractivity contribution in [3.63, 3.8) is 0 Å². The van der Waals surface area contributed by atoms with Gasteiger partial charge < -0.3 is 10.2 Å². The maximum absolute atomic E-state index is 13.7. The molecule has 246 valence electrons. The molecule has 0 bridgehead atoms. The molecule has 7 unspecified atom stereocenters. The van der Waals surface area contributed by atoms with Gasteiger partial charge in [-0.3, -0.25) is 9.59 Å². The van der Waals surface area contributed by atoms with Gasteiger partial charge in [0.25, 0.3) is 11.2 Å². The van der Waals surface area contributed by atoms with Crippen molar-refractivity contribution in [2.24, 2.45) is 40.4 Å². The molecule has 4 rings (SSSR count). The van der Waals surface area contributed by atoms with Gasteiger partial charge in [0.05, 0.1) is 12.3 Å². The highest BCUT2D eigenvalue weighted by Gasteiger charge is 2.77. The van der Waals surface area contributed by atoms with Crippen molar-refractivity contribution < 1.29 is 72.5 Å². The van der Waals surface area contributed by atoms with E-state index in [1.165, 1.54) is 13.8 Å². The number of Topliss-reactive ketones (excluding diaryl/α,β-unsaturated/α-hetero) is 1. The maximum atomic E-state index is 13.7. The number of ketones is 2. The molecule has 7 atom stereocenters. The lowest BCUT2D eigenvalue weighted by molar-refractivity contribution is -0.382. The van der Waals surface area contributed by atoms with Gasteiger partial charge in [-0.05, 0) is 79.6 Å². The molecule has 0 aliphatic heterocycles.